The summed E-state index contributed by atoms with van der Waals surface area (Å²) in [6.45, 7) is 5.47. The van der Waals surface area contributed by atoms with Crippen molar-refractivity contribution in [1.82, 2.24) is 10.2 Å². The number of halogens is 1. The molecule has 1 N–H and O–H groups in total. The number of rotatable bonds is 7. The Labute approximate surface area is 187 Å². The van der Waals surface area contributed by atoms with Crippen LogP contribution in [-0.2, 0) is 9.59 Å². The van der Waals surface area contributed by atoms with E-state index in [0.717, 1.165) is 39.1 Å². The van der Waals surface area contributed by atoms with Crippen LogP contribution in [0.5, 0.6) is 5.75 Å². The molecule has 0 bridgehead atoms. The maximum absolute atomic E-state index is 12.4. The van der Waals surface area contributed by atoms with E-state index in [1.54, 1.807) is 18.2 Å². The maximum atomic E-state index is 12.4. The van der Waals surface area contributed by atoms with E-state index in [1.807, 2.05) is 6.07 Å². The monoisotopic (exact) mass is 442 g/mol. The molecule has 0 unspecified atom stereocenters. The number of ether oxygens (including phenoxy) is 1. The summed E-state index contributed by atoms with van der Waals surface area (Å²) < 4.78 is 5.41. The van der Waals surface area contributed by atoms with Gasteiger partial charge in [0.05, 0.1) is 5.69 Å². The molecule has 2 aromatic carbocycles. The lowest BCUT2D eigenvalue weighted by atomic mass is 10.2. The molecular formula is C23H27ClN4O3. The van der Waals surface area contributed by atoms with Crippen LogP contribution >= 0.6 is 11.6 Å². The third-order valence-corrected chi connectivity index (χ3v) is 5.87. The Balaban J connectivity index is 1.18. The quantitative estimate of drug-likeness (QED) is 0.667. The lowest BCUT2D eigenvalue weighted by Gasteiger charge is -2.36. The number of hydrogen-bond acceptors (Lipinski definition) is 5. The van der Waals surface area contributed by atoms with Crippen molar-refractivity contribution in [2.24, 2.45) is 0 Å². The van der Waals surface area contributed by atoms with E-state index in [2.05, 4.69) is 39.4 Å². The van der Waals surface area contributed by atoms with Crippen LogP contribution in [0.3, 0.4) is 0 Å². The van der Waals surface area contributed by atoms with Crippen LogP contribution in [0.1, 0.15) is 6.42 Å². The van der Waals surface area contributed by atoms with Gasteiger partial charge in [-0.2, -0.15) is 0 Å². The largest absolute Gasteiger partial charge is 0.482 e. The number of nitrogens with zero attached hydrogens (tertiary/aromatic N) is 3. The molecule has 0 atom stereocenters. The molecule has 0 radical (unpaired) electrons. The molecule has 0 saturated carbocycles. The number of hydrogen-bond donors (Lipinski definition) is 1. The summed E-state index contributed by atoms with van der Waals surface area (Å²) in [4.78, 5) is 30.9. The second kappa shape index (κ2) is 10.0. The molecule has 0 spiro atoms. The third-order valence-electron chi connectivity index (χ3n) is 5.63. The zero-order chi connectivity index (χ0) is 21.6. The van der Waals surface area contributed by atoms with Crippen molar-refractivity contribution in [3.05, 3.63) is 53.6 Å². The molecule has 31 heavy (non-hydrogen) atoms. The number of carbonyl (C=O) groups is 2. The fourth-order valence-electron chi connectivity index (χ4n) is 3.95. The first-order chi connectivity index (χ1) is 15.1. The van der Waals surface area contributed by atoms with E-state index in [0.29, 0.717) is 23.0 Å². The summed E-state index contributed by atoms with van der Waals surface area (Å²) in [6, 6.07) is 15.5. The minimum absolute atomic E-state index is 0.0364. The number of piperazine rings is 1. The van der Waals surface area contributed by atoms with Crippen molar-refractivity contribution in [3.63, 3.8) is 0 Å². The maximum Gasteiger partial charge on any atom is 0.265 e. The van der Waals surface area contributed by atoms with Crippen LogP contribution in [0.25, 0.3) is 0 Å². The average molecular weight is 443 g/mol. The molecule has 2 amide bonds. The molecule has 2 heterocycles. The minimum Gasteiger partial charge on any atom is -0.482 e. The van der Waals surface area contributed by atoms with Crippen molar-refractivity contribution >= 4 is 34.8 Å². The highest BCUT2D eigenvalue weighted by molar-refractivity contribution is 6.31. The number of para-hydroxylation sites is 1. The predicted molar refractivity (Wildman–Crippen MR) is 122 cm³/mol. The molecule has 0 aliphatic carbocycles. The van der Waals surface area contributed by atoms with Gasteiger partial charge in [-0.25, -0.2) is 0 Å². The van der Waals surface area contributed by atoms with Crippen LogP contribution in [0.4, 0.5) is 11.4 Å². The first kappa shape index (κ1) is 21.5. The van der Waals surface area contributed by atoms with Gasteiger partial charge in [0.1, 0.15) is 12.3 Å². The van der Waals surface area contributed by atoms with Crippen LogP contribution < -0.4 is 19.9 Å². The zero-order valence-electron chi connectivity index (χ0n) is 17.4. The Hall–Kier alpha value is -2.77. The Kier molecular flexibility index (Phi) is 6.94. The van der Waals surface area contributed by atoms with Crippen molar-refractivity contribution in [1.29, 1.82) is 0 Å². The lowest BCUT2D eigenvalue weighted by Crippen LogP contribution is -2.47. The summed E-state index contributed by atoms with van der Waals surface area (Å²) in [5.41, 5.74) is 1.81. The van der Waals surface area contributed by atoms with Crippen LogP contribution in [0.15, 0.2) is 48.5 Å². The second-order valence-corrected chi connectivity index (χ2v) is 8.18. The van der Waals surface area contributed by atoms with Gasteiger partial charge in [0.2, 0.25) is 5.91 Å². The number of amides is 2. The molecule has 1 fully saturated rings. The standard InChI is InChI=1S/C23H27ClN4O3/c24-18-7-8-21-20(15-18)28(23(30)17-31-21)16-22(29)25-9-4-10-26-11-13-27(14-12-26)19-5-2-1-3-6-19/h1-3,5-8,15H,4,9-14,16-17H2,(H,25,29). The molecule has 8 heteroatoms. The summed E-state index contributed by atoms with van der Waals surface area (Å²) in [5, 5.41) is 3.42. The molecule has 0 aromatic heterocycles. The fourth-order valence-corrected chi connectivity index (χ4v) is 4.11. The molecule has 2 aliphatic heterocycles. The van der Waals surface area contributed by atoms with E-state index >= 15 is 0 Å². The van der Waals surface area contributed by atoms with Gasteiger partial charge in [0, 0.05) is 43.4 Å². The topological polar surface area (TPSA) is 65.1 Å². The van der Waals surface area contributed by atoms with E-state index in [-0.39, 0.29) is 25.0 Å². The van der Waals surface area contributed by atoms with Crippen molar-refractivity contribution in [3.8, 4) is 5.75 Å². The zero-order valence-corrected chi connectivity index (χ0v) is 18.2. The number of anilines is 2. The first-order valence-corrected chi connectivity index (χ1v) is 11.0. The minimum atomic E-state index is -0.249. The van der Waals surface area contributed by atoms with Crippen LogP contribution in [0.2, 0.25) is 5.02 Å². The highest BCUT2D eigenvalue weighted by atomic mass is 35.5. The Morgan fingerprint density at radius 2 is 1.84 bits per heavy atom. The van der Waals surface area contributed by atoms with Gasteiger partial charge in [0.25, 0.3) is 5.91 Å². The molecule has 7 nitrogen and oxygen atoms in total. The molecule has 164 valence electrons. The van der Waals surface area contributed by atoms with Crippen LogP contribution in [-0.4, -0.2) is 69.1 Å². The van der Waals surface area contributed by atoms with E-state index in [9.17, 15) is 9.59 Å². The van der Waals surface area contributed by atoms with Gasteiger partial charge < -0.3 is 15.0 Å². The van der Waals surface area contributed by atoms with Gasteiger partial charge in [-0.1, -0.05) is 29.8 Å². The fraction of sp³-hybridized carbons (Fsp3) is 0.391. The summed E-state index contributed by atoms with van der Waals surface area (Å²) in [7, 11) is 0. The Morgan fingerprint density at radius 3 is 2.61 bits per heavy atom. The number of nitrogens with one attached hydrogen (secondary N) is 1. The SMILES string of the molecule is O=C(CN1C(=O)COc2ccc(Cl)cc21)NCCCN1CCN(c2ccccc2)CC1. The number of fused-ring (bicyclic) bond motifs is 1. The molecule has 1 saturated heterocycles. The van der Waals surface area contributed by atoms with E-state index in [1.165, 1.54) is 10.6 Å². The van der Waals surface area contributed by atoms with Gasteiger partial charge in [-0.3, -0.25) is 19.4 Å². The Morgan fingerprint density at radius 1 is 1.06 bits per heavy atom. The number of carbonyl (C=O) groups excluding carboxylic acids is 2. The van der Waals surface area contributed by atoms with Gasteiger partial charge >= 0.3 is 0 Å². The Bertz CT molecular complexity index is 916. The summed E-state index contributed by atoms with van der Waals surface area (Å²) >= 11 is 6.04. The first-order valence-electron chi connectivity index (χ1n) is 10.6. The second-order valence-electron chi connectivity index (χ2n) is 7.75. The number of benzene rings is 2. The van der Waals surface area contributed by atoms with E-state index < -0.39 is 0 Å². The molecule has 2 aromatic rings. The normalized spacial score (nSPS) is 16.6. The highest BCUT2D eigenvalue weighted by Crippen LogP contribution is 2.34. The van der Waals surface area contributed by atoms with Crippen molar-refractivity contribution in [2.75, 3.05) is 62.2 Å². The molecule has 4 rings (SSSR count). The summed E-state index contributed by atoms with van der Waals surface area (Å²) in [6.07, 6.45) is 0.872. The molecular weight excluding hydrogens is 416 g/mol. The van der Waals surface area contributed by atoms with Crippen molar-refractivity contribution < 1.29 is 14.3 Å². The summed E-state index contributed by atoms with van der Waals surface area (Å²) in [5.74, 6) is 0.128. The third kappa shape index (κ3) is 5.48. The van der Waals surface area contributed by atoms with Crippen molar-refractivity contribution in [2.45, 2.75) is 6.42 Å². The van der Waals surface area contributed by atoms with E-state index in [4.69, 9.17) is 16.3 Å². The lowest BCUT2D eigenvalue weighted by molar-refractivity contribution is -0.125. The smallest absolute Gasteiger partial charge is 0.265 e. The highest BCUT2D eigenvalue weighted by Gasteiger charge is 2.27. The molecule has 2 aliphatic rings. The van der Waals surface area contributed by atoms with Gasteiger partial charge in [-0.15, -0.1) is 0 Å². The van der Waals surface area contributed by atoms with Gasteiger partial charge in [0.15, 0.2) is 6.61 Å². The predicted octanol–water partition coefficient (Wildman–Crippen LogP) is 2.39. The van der Waals surface area contributed by atoms with Gasteiger partial charge in [-0.05, 0) is 43.3 Å². The van der Waals surface area contributed by atoms with Crippen LogP contribution in [0, 0.1) is 0 Å². The average Bonchev–Trinajstić information content (AvgIpc) is 2.80.